The summed E-state index contributed by atoms with van der Waals surface area (Å²) in [5.41, 5.74) is 2.07. The molecule has 2 unspecified atom stereocenters. The molecule has 2 N–H and O–H groups in total. The van der Waals surface area contributed by atoms with Gasteiger partial charge in [0.15, 0.2) is 0 Å². The van der Waals surface area contributed by atoms with Gasteiger partial charge in [-0.05, 0) is 49.1 Å². The molecule has 2 aromatic carbocycles. The Labute approximate surface area is 146 Å². The summed E-state index contributed by atoms with van der Waals surface area (Å²) in [5, 5.41) is 1.86. The van der Waals surface area contributed by atoms with Gasteiger partial charge >= 0.3 is 6.03 Å². The van der Waals surface area contributed by atoms with Gasteiger partial charge in [-0.15, -0.1) is 0 Å². The first kappa shape index (κ1) is 15.5. The highest BCUT2D eigenvalue weighted by atomic mass is 35.5. The number of hydrogen-bond acceptors (Lipinski definition) is 2. The normalized spacial score (nSPS) is 25.1. The Morgan fingerprint density at radius 1 is 1.17 bits per heavy atom. The number of carbonyl (C=O) groups excluding carboxylic acids is 1. The largest absolute Gasteiger partial charge is 0.339 e. The van der Waals surface area contributed by atoms with Crippen molar-refractivity contribution in [3.05, 3.63) is 65.2 Å². The summed E-state index contributed by atoms with van der Waals surface area (Å²) < 4.78 is 0. The van der Waals surface area contributed by atoms with Crippen LogP contribution in [0, 0.1) is 0 Å². The minimum Gasteiger partial charge on any atom is -0.319 e. The monoisotopic (exact) mass is 341 g/mol. The van der Waals surface area contributed by atoms with E-state index in [1.165, 1.54) is 10.6 Å². The van der Waals surface area contributed by atoms with Gasteiger partial charge in [-0.2, -0.15) is 0 Å². The van der Waals surface area contributed by atoms with Gasteiger partial charge < -0.3 is 4.90 Å². The Morgan fingerprint density at radius 2 is 1.88 bits per heavy atom. The molecule has 0 aromatic heterocycles. The third-order valence-corrected chi connectivity index (χ3v) is 5.69. The smallest absolute Gasteiger partial charge is 0.319 e. The molecule has 2 amide bonds. The summed E-state index contributed by atoms with van der Waals surface area (Å²) in [6.07, 6.45) is 3.20. The molecule has 2 atom stereocenters. The number of nitrogens with zero attached hydrogens (tertiary/aromatic N) is 2. The predicted octanol–water partition coefficient (Wildman–Crippen LogP) is 3.95. The number of piperidine rings is 1. The van der Waals surface area contributed by atoms with E-state index in [0.717, 1.165) is 25.8 Å². The molecule has 0 spiro atoms. The number of hydrogen-bond donors (Lipinski definition) is 1. The molecule has 5 heteroatoms. The van der Waals surface area contributed by atoms with E-state index >= 15 is 0 Å². The second-order valence-corrected chi connectivity index (χ2v) is 7.24. The van der Waals surface area contributed by atoms with Gasteiger partial charge in [-0.1, -0.05) is 41.9 Å². The molecule has 4 nitrogen and oxygen atoms in total. The van der Waals surface area contributed by atoms with Crippen LogP contribution in [0.4, 0.5) is 10.5 Å². The maximum Gasteiger partial charge on any atom is 0.339 e. The number of amides is 2. The lowest BCUT2D eigenvalue weighted by atomic mass is 9.80. The number of urea groups is 1. The van der Waals surface area contributed by atoms with Crippen LogP contribution in [0.15, 0.2) is 54.6 Å². The molecule has 24 heavy (non-hydrogen) atoms. The van der Waals surface area contributed by atoms with E-state index in [2.05, 4.69) is 24.3 Å². The van der Waals surface area contributed by atoms with Gasteiger partial charge in [-0.25, -0.2) is 15.6 Å². The van der Waals surface area contributed by atoms with Crippen molar-refractivity contribution in [3.8, 4) is 0 Å². The molecule has 124 valence electrons. The Kier molecular flexibility index (Phi) is 3.74. The van der Waals surface area contributed by atoms with Crippen molar-refractivity contribution in [1.82, 2.24) is 4.90 Å². The van der Waals surface area contributed by atoms with Crippen molar-refractivity contribution in [2.24, 2.45) is 5.84 Å². The highest BCUT2D eigenvalue weighted by Crippen LogP contribution is 2.49. The lowest BCUT2D eigenvalue weighted by molar-refractivity contribution is 0.183. The first-order chi connectivity index (χ1) is 11.6. The predicted molar refractivity (Wildman–Crippen MR) is 96.0 cm³/mol. The summed E-state index contributed by atoms with van der Waals surface area (Å²) in [4.78, 5) is 14.8. The van der Waals surface area contributed by atoms with Gasteiger partial charge in [0.2, 0.25) is 0 Å². The van der Waals surface area contributed by atoms with Crippen LogP contribution in [0.2, 0.25) is 5.02 Å². The number of carbonyl (C=O) groups is 1. The lowest BCUT2D eigenvalue weighted by Gasteiger charge is -2.35. The molecular weight excluding hydrogens is 322 g/mol. The molecule has 1 saturated carbocycles. The van der Waals surface area contributed by atoms with Crippen LogP contribution in [0.25, 0.3) is 0 Å². The van der Waals surface area contributed by atoms with Crippen molar-refractivity contribution in [1.29, 1.82) is 0 Å². The Morgan fingerprint density at radius 3 is 2.58 bits per heavy atom. The molecular formula is C19H20ClN3O. The molecule has 2 aromatic rings. The molecule has 2 bridgehead atoms. The fraction of sp³-hybridized carbons (Fsp3) is 0.316. The number of fused-ring (bicyclic) bond motifs is 2. The molecule has 4 rings (SSSR count). The standard InChI is InChI=1S/C19H20ClN3O/c20-15-6-8-16(9-7-15)23(21)18(24)22-13-19(11-10-17(22)12-19)14-4-2-1-3-5-14/h1-9,17H,10-13,21H2. The third kappa shape index (κ3) is 2.46. The van der Waals surface area contributed by atoms with Gasteiger partial charge in [0.25, 0.3) is 0 Å². The number of anilines is 1. The van der Waals surface area contributed by atoms with Gasteiger partial charge in [0.05, 0.1) is 5.69 Å². The molecule has 1 heterocycles. The average Bonchev–Trinajstić information content (AvgIpc) is 3.22. The Hall–Kier alpha value is -2.04. The number of halogens is 1. The lowest BCUT2D eigenvalue weighted by Crippen LogP contribution is -2.51. The Balaban J connectivity index is 1.56. The van der Waals surface area contributed by atoms with E-state index in [1.807, 2.05) is 11.0 Å². The highest BCUT2D eigenvalue weighted by molar-refractivity contribution is 6.30. The number of hydrazine groups is 1. The maximum atomic E-state index is 12.9. The Bertz CT molecular complexity index is 749. The van der Waals surface area contributed by atoms with Crippen LogP contribution in [-0.2, 0) is 5.41 Å². The topological polar surface area (TPSA) is 49.6 Å². The van der Waals surface area contributed by atoms with Crippen molar-refractivity contribution in [2.75, 3.05) is 11.6 Å². The fourth-order valence-corrected chi connectivity index (χ4v) is 4.31. The molecule has 1 saturated heterocycles. The van der Waals surface area contributed by atoms with Crippen molar-refractivity contribution in [2.45, 2.75) is 30.7 Å². The molecule has 2 fully saturated rings. The highest BCUT2D eigenvalue weighted by Gasteiger charge is 2.52. The second kappa shape index (κ2) is 5.80. The quantitative estimate of drug-likeness (QED) is 0.511. The van der Waals surface area contributed by atoms with Crippen LogP contribution >= 0.6 is 11.6 Å². The van der Waals surface area contributed by atoms with E-state index in [9.17, 15) is 4.79 Å². The summed E-state index contributed by atoms with van der Waals surface area (Å²) in [5.74, 6) is 6.08. The van der Waals surface area contributed by atoms with Crippen molar-refractivity contribution in [3.63, 3.8) is 0 Å². The molecule has 1 aliphatic carbocycles. The second-order valence-electron chi connectivity index (χ2n) is 6.80. The fourth-order valence-electron chi connectivity index (χ4n) is 4.18. The number of benzene rings is 2. The maximum absolute atomic E-state index is 12.9. The summed E-state index contributed by atoms with van der Waals surface area (Å²) in [6.45, 7) is 0.738. The number of likely N-dealkylation sites (tertiary alicyclic amines) is 1. The van der Waals surface area contributed by atoms with Crippen LogP contribution in [0.1, 0.15) is 24.8 Å². The first-order valence-electron chi connectivity index (χ1n) is 8.26. The van der Waals surface area contributed by atoms with E-state index in [-0.39, 0.29) is 17.5 Å². The van der Waals surface area contributed by atoms with E-state index in [0.29, 0.717) is 10.7 Å². The van der Waals surface area contributed by atoms with E-state index in [1.54, 1.807) is 24.3 Å². The van der Waals surface area contributed by atoms with E-state index in [4.69, 9.17) is 17.4 Å². The SMILES string of the molecule is NN(C(=O)N1CC2(c3ccccc3)CCC1C2)c1ccc(Cl)cc1. The van der Waals surface area contributed by atoms with Gasteiger partial charge in [0.1, 0.15) is 0 Å². The van der Waals surface area contributed by atoms with Crippen LogP contribution in [0.5, 0.6) is 0 Å². The first-order valence-corrected chi connectivity index (χ1v) is 8.63. The molecule has 2 aliphatic rings. The van der Waals surface area contributed by atoms with Gasteiger partial charge in [0, 0.05) is 23.0 Å². The molecule has 1 aliphatic heterocycles. The van der Waals surface area contributed by atoms with Gasteiger partial charge in [-0.3, -0.25) is 0 Å². The number of nitrogens with two attached hydrogens (primary N) is 1. The molecule has 0 radical (unpaired) electrons. The summed E-state index contributed by atoms with van der Waals surface area (Å²) in [6, 6.07) is 17.7. The summed E-state index contributed by atoms with van der Waals surface area (Å²) in [7, 11) is 0. The summed E-state index contributed by atoms with van der Waals surface area (Å²) >= 11 is 5.91. The number of rotatable bonds is 2. The zero-order chi connectivity index (χ0) is 16.7. The average molecular weight is 342 g/mol. The van der Waals surface area contributed by atoms with Crippen molar-refractivity contribution < 1.29 is 4.79 Å². The zero-order valence-electron chi connectivity index (χ0n) is 13.4. The minimum atomic E-state index is -0.139. The van der Waals surface area contributed by atoms with Crippen molar-refractivity contribution >= 4 is 23.3 Å². The van der Waals surface area contributed by atoms with Crippen LogP contribution < -0.4 is 10.9 Å². The van der Waals surface area contributed by atoms with Crippen LogP contribution in [0.3, 0.4) is 0 Å². The minimum absolute atomic E-state index is 0.0857. The third-order valence-electron chi connectivity index (χ3n) is 5.44. The zero-order valence-corrected chi connectivity index (χ0v) is 14.1. The van der Waals surface area contributed by atoms with Crippen LogP contribution in [-0.4, -0.2) is 23.5 Å². The van der Waals surface area contributed by atoms with E-state index < -0.39 is 0 Å².